The molecule has 0 bridgehead atoms. The summed E-state index contributed by atoms with van der Waals surface area (Å²) in [5, 5.41) is 1.51. The van der Waals surface area contributed by atoms with Crippen LogP contribution < -0.4 is 9.47 Å². The lowest BCUT2D eigenvalue weighted by Crippen LogP contribution is -1.97. The fraction of sp³-hybridized carbons (Fsp3) is 0.0476. The van der Waals surface area contributed by atoms with Crippen molar-refractivity contribution in [2.45, 2.75) is 0 Å². The van der Waals surface area contributed by atoms with E-state index in [0.29, 0.717) is 10.8 Å². The highest BCUT2D eigenvalue weighted by Crippen LogP contribution is 2.34. The summed E-state index contributed by atoms with van der Waals surface area (Å²) in [7, 11) is 1.62. The molecule has 0 atom stereocenters. The van der Waals surface area contributed by atoms with Gasteiger partial charge in [-0.1, -0.05) is 45.7 Å². The summed E-state index contributed by atoms with van der Waals surface area (Å²) in [4.78, 5) is 9.18. The molecule has 0 aliphatic rings. The normalized spacial score (nSPS) is 10.8. The van der Waals surface area contributed by atoms with Crippen molar-refractivity contribution in [1.29, 1.82) is 0 Å². The Morgan fingerprint density at radius 3 is 2.37 bits per heavy atom. The van der Waals surface area contributed by atoms with Crippen molar-refractivity contribution < 1.29 is 9.47 Å². The van der Waals surface area contributed by atoms with Crippen molar-refractivity contribution in [2.24, 2.45) is 0 Å². The molecule has 134 valence electrons. The molecule has 27 heavy (non-hydrogen) atoms. The third-order valence-electron chi connectivity index (χ3n) is 4.03. The van der Waals surface area contributed by atoms with Gasteiger partial charge in [0, 0.05) is 20.4 Å². The van der Waals surface area contributed by atoms with E-state index in [1.165, 1.54) is 0 Å². The van der Waals surface area contributed by atoms with Crippen LogP contribution in [0.3, 0.4) is 0 Å². The predicted octanol–water partition coefficient (Wildman–Crippen LogP) is 6.51. The number of aromatic nitrogens is 2. The molecular formula is C21H14BrClN2O2. The first-order valence-electron chi connectivity index (χ1n) is 8.18. The van der Waals surface area contributed by atoms with E-state index in [4.69, 9.17) is 21.1 Å². The molecular weight excluding hydrogens is 428 g/mol. The summed E-state index contributed by atoms with van der Waals surface area (Å²) < 4.78 is 12.0. The van der Waals surface area contributed by atoms with E-state index in [9.17, 15) is 0 Å². The third kappa shape index (κ3) is 3.75. The lowest BCUT2D eigenvalue weighted by Gasteiger charge is -2.11. The maximum absolute atomic E-state index is 6.42. The van der Waals surface area contributed by atoms with Crippen molar-refractivity contribution in [3.8, 4) is 28.8 Å². The second kappa shape index (κ2) is 7.55. The number of hydrogen-bond acceptors (Lipinski definition) is 4. The molecule has 0 saturated carbocycles. The molecule has 4 aromatic rings. The van der Waals surface area contributed by atoms with E-state index in [-0.39, 0.29) is 6.01 Å². The molecule has 0 saturated heterocycles. The molecule has 4 nitrogen and oxygen atoms in total. The van der Waals surface area contributed by atoms with Gasteiger partial charge in [-0.3, -0.25) is 0 Å². The van der Waals surface area contributed by atoms with Gasteiger partial charge in [-0.25, -0.2) is 0 Å². The van der Waals surface area contributed by atoms with E-state index in [1.807, 2.05) is 66.7 Å². The van der Waals surface area contributed by atoms with Gasteiger partial charge in [0.25, 0.3) is 0 Å². The summed E-state index contributed by atoms with van der Waals surface area (Å²) >= 11 is 9.93. The number of rotatable bonds is 4. The number of fused-ring (bicyclic) bond motifs is 1. The molecule has 0 aliphatic heterocycles. The number of nitrogens with zero attached hydrogens (tertiary/aromatic N) is 2. The van der Waals surface area contributed by atoms with Gasteiger partial charge in [-0.05, 0) is 48.5 Å². The molecule has 0 unspecified atom stereocenters. The number of methoxy groups -OCH3 is 1. The zero-order valence-electron chi connectivity index (χ0n) is 14.3. The van der Waals surface area contributed by atoms with Crippen LogP contribution in [0.2, 0.25) is 5.02 Å². The van der Waals surface area contributed by atoms with Crippen LogP contribution >= 0.6 is 27.5 Å². The number of benzene rings is 3. The Hall–Kier alpha value is -2.63. The van der Waals surface area contributed by atoms with Crippen molar-refractivity contribution in [3.05, 3.63) is 76.2 Å². The van der Waals surface area contributed by atoms with Gasteiger partial charge in [0.15, 0.2) is 0 Å². The van der Waals surface area contributed by atoms with Crippen LogP contribution in [-0.2, 0) is 0 Å². The summed E-state index contributed by atoms with van der Waals surface area (Å²) in [6.07, 6.45) is 0. The second-order valence-electron chi connectivity index (χ2n) is 5.77. The lowest BCUT2D eigenvalue weighted by atomic mass is 10.1. The van der Waals surface area contributed by atoms with E-state index in [2.05, 4.69) is 25.9 Å². The SMILES string of the molecule is COc1ccc(Oc2nc(-c3ccccc3Cl)c3cc(Br)ccc3n2)cc1. The van der Waals surface area contributed by atoms with Crippen LogP contribution in [0.4, 0.5) is 0 Å². The quantitative estimate of drug-likeness (QED) is 0.362. The van der Waals surface area contributed by atoms with Crippen LogP contribution in [0.25, 0.3) is 22.2 Å². The number of hydrogen-bond donors (Lipinski definition) is 0. The van der Waals surface area contributed by atoms with E-state index in [1.54, 1.807) is 7.11 Å². The average Bonchev–Trinajstić information content (AvgIpc) is 2.69. The molecule has 1 heterocycles. The largest absolute Gasteiger partial charge is 0.497 e. The van der Waals surface area contributed by atoms with Crippen LogP contribution in [0.1, 0.15) is 0 Å². The molecule has 0 aliphatic carbocycles. The van der Waals surface area contributed by atoms with E-state index in [0.717, 1.165) is 32.4 Å². The topological polar surface area (TPSA) is 44.2 Å². The third-order valence-corrected chi connectivity index (χ3v) is 4.86. The van der Waals surface area contributed by atoms with Gasteiger partial charge in [-0.15, -0.1) is 0 Å². The molecule has 0 radical (unpaired) electrons. The van der Waals surface area contributed by atoms with Crippen molar-refractivity contribution in [3.63, 3.8) is 0 Å². The molecule has 0 amide bonds. The lowest BCUT2D eigenvalue weighted by molar-refractivity contribution is 0.411. The van der Waals surface area contributed by atoms with Gasteiger partial charge < -0.3 is 9.47 Å². The van der Waals surface area contributed by atoms with Crippen molar-refractivity contribution in [2.75, 3.05) is 7.11 Å². The maximum Gasteiger partial charge on any atom is 0.323 e. The molecule has 0 spiro atoms. The number of halogens is 2. The van der Waals surface area contributed by atoms with Crippen LogP contribution in [0, 0.1) is 0 Å². The predicted molar refractivity (Wildman–Crippen MR) is 111 cm³/mol. The van der Waals surface area contributed by atoms with Gasteiger partial charge in [0.2, 0.25) is 0 Å². The van der Waals surface area contributed by atoms with Crippen molar-refractivity contribution >= 4 is 38.4 Å². The minimum atomic E-state index is 0.255. The van der Waals surface area contributed by atoms with Crippen LogP contribution in [0.15, 0.2) is 71.2 Å². The number of ether oxygens (including phenoxy) is 2. The highest BCUT2D eigenvalue weighted by molar-refractivity contribution is 9.10. The molecule has 1 aromatic heterocycles. The van der Waals surface area contributed by atoms with Crippen LogP contribution in [0.5, 0.6) is 17.5 Å². The molecule has 0 N–H and O–H groups in total. The van der Waals surface area contributed by atoms with Gasteiger partial charge >= 0.3 is 6.01 Å². The minimum absolute atomic E-state index is 0.255. The minimum Gasteiger partial charge on any atom is -0.497 e. The molecule has 0 fully saturated rings. The van der Waals surface area contributed by atoms with Gasteiger partial charge in [0.05, 0.1) is 18.3 Å². The Morgan fingerprint density at radius 2 is 1.63 bits per heavy atom. The first kappa shape index (κ1) is 17.8. The smallest absolute Gasteiger partial charge is 0.323 e. The highest BCUT2D eigenvalue weighted by Gasteiger charge is 2.14. The van der Waals surface area contributed by atoms with Crippen molar-refractivity contribution in [1.82, 2.24) is 9.97 Å². The van der Waals surface area contributed by atoms with Crippen LogP contribution in [-0.4, -0.2) is 17.1 Å². The highest BCUT2D eigenvalue weighted by atomic mass is 79.9. The fourth-order valence-electron chi connectivity index (χ4n) is 2.73. The second-order valence-corrected chi connectivity index (χ2v) is 7.10. The molecule has 3 aromatic carbocycles. The Kier molecular flexibility index (Phi) is 4.97. The zero-order chi connectivity index (χ0) is 18.8. The Labute approximate surface area is 169 Å². The summed E-state index contributed by atoms with van der Waals surface area (Å²) in [6.45, 7) is 0. The summed E-state index contributed by atoms with van der Waals surface area (Å²) in [5.74, 6) is 1.38. The maximum atomic E-state index is 6.42. The standard InChI is InChI=1S/C21H14BrClN2O2/c1-26-14-7-9-15(10-8-14)27-21-24-19-11-6-13(22)12-17(19)20(25-21)16-4-2-3-5-18(16)23/h2-12H,1H3. The van der Waals surface area contributed by atoms with Gasteiger partial charge in [-0.2, -0.15) is 9.97 Å². The average molecular weight is 442 g/mol. The molecule has 4 rings (SSSR count). The zero-order valence-corrected chi connectivity index (χ0v) is 16.7. The molecule has 6 heteroatoms. The van der Waals surface area contributed by atoms with E-state index < -0.39 is 0 Å². The monoisotopic (exact) mass is 440 g/mol. The Morgan fingerprint density at radius 1 is 0.889 bits per heavy atom. The van der Waals surface area contributed by atoms with E-state index >= 15 is 0 Å². The Bertz CT molecular complexity index is 1120. The summed E-state index contributed by atoms with van der Waals surface area (Å²) in [5.41, 5.74) is 2.31. The van der Waals surface area contributed by atoms with Gasteiger partial charge in [0.1, 0.15) is 11.5 Å². The first-order valence-corrected chi connectivity index (χ1v) is 9.35. The first-order chi connectivity index (χ1) is 13.1. The summed E-state index contributed by atoms with van der Waals surface area (Å²) in [6, 6.07) is 20.9. The fourth-order valence-corrected chi connectivity index (χ4v) is 3.32. The Balaban J connectivity index is 1.84.